The number of likely N-dealkylation sites (tertiary alicyclic amines) is 1. The topological polar surface area (TPSA) is 91.0 Å². The Labute approximate surface area is 146 Å². The number of piperidine rings is 1. The molecule has 1 aromatic heterocycles. The molecule has 0 aliphatic carbocycles. The number of carbonyl (C=O) groups excluding carboxylic acids is 1. The van der Waals surface area contributed by atoms with Gasteiger partial charge in [-0.1, -0.05) is 13.3 Å². The lowest BCUT2D eigenvalue weighted by atomic mass is 9.74. The van der Waals surface area contributed by atoms with E-state index in [9.17, 15) is 19.8 Å². The minimum Gasteiger partial charge on any atom is -0.481 e. The maximum Gasteiger partial charge on any atom is 0.314 e. The largest absolute Gasteiger partial charge is 0.481 e. The van der Waals surface area contributed by atoms with Crippen molar-refractivity contribution in [3.8, 4) is 0 Å². The second-order valence-electron chi connectivity index (χ2n) is 6.85. The number of nitrogens with zero attached hydrogens (tertiary/aromatic N) is 1. The van der Waals surface area contributed by atoms with Crippen LogP contribution in [0.15, 0.2) is 28.7 Å². The van der Waals surface area contributed by atoms with Gasteiger partial charge in [-0.15, -0.1) is 0 Å². The summed E-state index contributed by atoms with van der Waals surface area (Å²) in [6.45, 7) is 4.10. The highest BCUT2D eigenvalue weighted by atomic mass is 16.4. The Morgan fingerprint density at radius 2 is 2.12 bits per heavy atom. The Morgan fingerprint density at radius 3 is 2.80 bits per heavy atom. The molecule has 2 heterocycles. The highest BCUT2D eigenvalue weighted by Gasteiger charge is 2.49. The van der Waals surface area contributed by atoms with Crippen molar-refractivity contribution in [1.82, 2.24) is 4.90 Å². The van der Waals surface area contributed by atoms with E-state index in [0.29, 0.717) is 30.5 Å². The second-order valence-corrected chi connectivity index (χ2v) is 6.85. The van der Waals surface area contributed by atoms with Gasteiger partial charge in [-0.3, -0.25) is 9.59 Å². The Bertz CT molecular complexity index is 811. The lowest BCUT2D eigenvalue weighted by molar-refractivity contribution is -0.162. The smallest absolute Gasteiger partial charge is 0.314 e. The number of carboxylic acids is 1. The predicted octanol–water partition coefficient (Wildman–Crippen LogP) is 2.82. The van der Waals surface area contributed by atoms with Crippen molar-refractivity contribution in [2.45, 2.75) is 39.2 Å². The first-order chi connectivity index (χ1) is 11.9. The van der Waals surface area contributed by atoms with E-state index in [1.165, 1.54) is 0 Å². The van der Waals surface area contributed by atoms with Crippen LogP contribution in [0.5, 0.6) is 0 Å². The highest BCUT2D eigenvalue weighted by Crippen LogP contribution is 2.36. The molecule has 6 heteroatoms. The fourth-order valence-corrected chi connectivity index (χ4v) is 3.75. The van der Waals surface area contributed by atoms with Crippen molar-refractivity contribution >= 4 is 22.8 Å². The van der Waals surface area contributed by atoms with Crippen LogP contribution in [0.25, 0.3) is 11.0 Å². The van der Waals surface area contributed by atoms with Crippen LogP contribution in [0.1, 0.15) is 42.3 Å². The summed E-state index contributed by atoms with van der Waals surface area (Å²) in [6.07, 6.45) is 0.303. The van der Waals surface area contributed by atoms with Gasteiger partial charge in [0.05, 0.1) is 6.10 Å². The Kier molecular flexibility index (Phi) is 4.56. The molecule has 1 aromatic carbocycles. The molecule has 0 spiro atoms. The van der Waals surface area contributed by atoms with E-state index in [1.807, 2.05) is 19.9 Å². The molecular formula is C19H23NO5. The number of aliphatic carboxylic acids is 1. The van der Waals surface area contributed by atoms with Crippen molar-refractivity contribution in [2.24, 2.45) is 5.41 Å². The van der Waals surface area contributed by atoms with Gasteiger partial charge in [-0.25, -0.2) is 0 Å². The van der Waals surface area contributed by atoms with Crippen LogP contribution in [0.4, 0.5) is 0 Å². The van der Waals surface area contributed by atoms with Crippen LogP contribution in [0.3, 0.4) is 0 Å². The van der Waals surface area contributed by atoms with E-state index < -0.39 is 17.5 Å². The van der Waals surface area contributed by atoms with E-state index in [0.717, 1.165) is 11.1 Å². The molecule has 25 heavy (non-hydrogen) atoms. The van der Waals surface area contributed by atoms with E-state index >= 15 is 0 Å². The van der Waals surface area contributed by atoms with E-state index in [4.69, 9.17) is 4.42 Å². The number of hydrogen-bond acceptors (Lipinski definition) is 4. The summed E-state index contributed by atoms with van der Waals surface area (Å²) in [6, 6.07) is 7.08. The van der Waals surface area contributed by atoms with Crippen molar-refractivity contribution in [1.29, 1.82) is 0 Å². The summed E-state index contributed by atoms with van der Waals surface area (Å²) >= 11 is 0. The van der Waals surface area contributed by atoms with Crippen LogP contribution in [-0.2, 0) is 4.79 Å². The number of aliphatic hydroxyl groups excluding tert-OH is 1. The number of rotatable bonds is 4. The maximum absolute atomic E-state index is 12.9. The zero-order valence-corrected chi connectivity index (χ0v) is 14.5. The first-order valence-corrected chi connectivity index (χ1v) is 8.58. The molecule has 1 aliphatic heterocycles. The number of aliphatic hydroxyl groups is 1. The summed E-state index contributed by atoms with van der Waals surface area (Å²) in [5.41, 5.74) is -0.0756. The lowest BCUT2D eigenvalue weighted by Gasteiger charge is -2.43. The van der Waals surface area contributed by atoms with Gasteiger partial charge in [-0.05, 0) is 44.0 Å². The zero-order valence-electron chi connectivity index (χ0n) is 14.5. The van der Waals surface area contributed by atoms with Crippen molar-refractivity contribution < 1.29 is 24.2 Å². The molecule has 0 radical (unpaired) electrons. The second kappa shape index (κ2) is 6.52. The highest BCUT2D eigenvalue weighted by molar-refractivity contribution is 5.98. The van der Waals surface area contributed by atoms with Crippen LogP contribution in [0, 0.1) is 12.3 Å². The Morgan fingerprint density at radius 1 is 1.36 bits per heavy atom. The molecule has 1 saturated heterocycles. The maximum atomic E-state index is 12.9. The standard InChI is InChI=1S/C19H23NO5/c1-3-7-19(18(23)24)11-20(8-6-16(19)21)17(22)13-4-5-15-14(10-13)9-12(2)25-15/h4-5,9-10,16,21H,3,6-8,11H2,1-2H3,(H,23,24)/t16-,19-/m1/s1. The van der Waals surface area contributed by atoms with Crippen LogP contribution < -0.4 is 0 Å². The van der Waals surface area contributed by atoms with Gasteiger partial charge in [0.1, 0.15) is 16.8 Å². The molecule has 0 bridgehead atoms. The predicted molar refractivity (Wildman–Crippen MR) is 92.5 cm³/mol. The quantitative estimate of drug-likeness (QED) is 0.889. The van der Waals surface area contributed by atoms with Gasteiger partial charge < -0.3 is 19.5 Å². The molecule has 1 aliphatic rings. The van der Waals surface area contributed by atoms with E-state index in [2.05, 4.69) is 0 Å². The minimum atomic E-state index is -1.29. The van der Waals surface area contributed by atoms with Crippen molar-refractivity contribution in [2.75, 3.05) is 13.1 Å². The molecule has 3 rings (SSSR count). The van der Waals surface area contributed by atoms with Gasteiger partial charge in [0.15, 0.2) is 0 Å². The molecule has 2 aromatic rings. The van der Waals surface area contributed by atoms with E-state index in [1.54, 1.807) is 23.1 Å². The average molecular weight is 345 g/mol. The number of fused-ring (bicyclic) bond motifs is 1. The van der Waals surface area contributed by atoms with Gasteiger partial charge in [0, 0.05) is 24.0 Å². The number of amides is 1. The van der Waals surface area contributed by atoms with Crippen molar-refractivity contribution in [3.05, 3.63) is 35.6 Å². The van der Waals surface area contributed by atoms with Gasteiger partial charge >= 0.3 is 5.97 Å². The molecule has 0 unspecified atom stereocenters. The molecule has 134 valence electrons. The van der Waals surface area contributed by atoms with E-state index in [-0.39, 0.29) is 18.9 Å². The normalized spacial score (nSPS) is 23.8. The average Bonchev–Trinajstić information content (AvgIpc) is 2.95. The molecule has 1 amide bonds. The summed E-state index contributed by atoms with van der Waals surface area (Å²) in [4.78, 5) is 26.3. The van der Waals surface area contributed by atoms with Gasteiger partial charge in [0.2, 0.25) is 0 Å². The summed E-state index contributed by atoms with van der Waals surface area (Å²) in [7, 11) is 0. The number of carboxylic acid groups (broad SMARTS) is 1. The number of benzene rings is 1. The van der Waals surface area contributed by atoms with Gasteiger partial charge in [0.25, 0.3) is 5.91 Å². The zero-order chi connectivity index (χ0) is 18.2. The third kappa shape index (κ3) is 3.02. The first-order valence-electron chi connectivity index (χ1n) is 8.58. The Balaban J connectivity index is 1.89. The van der Waals surface area contributed by atoms with Crippen LogP contribution in [-0.4, -0.2) is 46.2 Å². The van der Waals surface area contributed by atoms with Crippen LogP contribution >= 0.6 is 0 Å². The molecule has 6 nitrogen and oxygen atoms in total. The van der Waals surface area contributed by atoms with Crippen LogP contribution in [0.2, 0.25) is 0 Å². The van der Waals surface area contributed by atoms with Gasteiger partial charge in [-0.2, -0.15) is 0 Å². The fourth-order valence-electron chi connectivity index (χ4n) is 3.75. The molecular weight excluding hydrogens is 322 g/mol. The molecule has 2 atom stereocenters. The number of aryl methyl sites for hydroxylation is 1. The summed E-state index contributed by atoms with van der Waals surface area (Å²) < 4.78 is 5.52. The number of furan rings is 1. The third-order valence-corrected chi connectivity index (χ3v) is 5.08. The fraction of sp³-hybridized carbons (Fsp3) is 0.474. The van der Waals surface area contributed by atoms with Crippen molar-refractivity contribution in [3.63, 3.8) is 0 Å². The molecule has 1 fully saturated rings. The summed E-state index contributed by atoms with van der Waals surface area (Å²) in [5, 5.41) is 20.8. The summed E-state index contributed by atoms with van der Waals surface area (Å²) in [5.74, 6) is -0.483. The Hall–Kier alpha value is -2.34. The SMILES string of the molecule is CCC[C@@]1(C(=O)O)CN(C(=O)c2ccc3oc(C)cc3c2)CC[C@H]1O. The molecule has 2 N–H and O–H groups in total. The monoisotopic (exact) mass is 345 g/mol. The minimum absolute atomic E-state index is 0.0264. The number of hydrogen-bond donors (Lipinski definition) is 2. The third-order valence-electron chi connectivity index (χ3n) is 5.08. The molecule has 0 saturated carbocycles. The lowest BCUT2D eigenvalue weighted by Crippen LogP contribution is -2.57. The number of carbonyl (C=O) groups is 2. The first kappa shape index (κ1) is 17.5.